The number of phenolic OH excluding ortho intramolecular Hbond substituents is 1. The van der Waals surface area contributed by atoms with Crippen LogP contribution in [0.5, 0.6) is 5.75 Å². The van der Waals surface area contributed by atoms with Crippen LogP contribution in [0.2, 0.25) is 0 Å². The molecular weight excluding hydrogens is 298 g/mol. The average molecular weight is 311 g/mol. The highest BCUT2D eigenvalue weighted by molar-refractivity contribution is 8.18. The fourth-order valence-electron chi connectivity index (χ4n) is 1.83. The number of hydrogen-bond donors (Lipinski definition) is 3. The number of hydrazone groups is 1. The molecule has 1 heterocycles. The highest BCUT2D eigenvalue weighted by Crippen LogP contribution is 2.26. The van der Waals surface area contributed by atoms with Gasteiger partial charge in [-0.15, -0.1) is 5.10 Å². The monoisotopic (exact) mass is 311 g/mol. The summed E-state index contributed by atoms with van der Waals surface area (Å²) >= 11 is 1.26. The molecule has 0 spiro atoms. The Morgan fingerprint density at radius 1 is 1.09 bits per heavy atom. The van der Waals surface area contributed by atoms with Crippen molar-refractivity contribution < 1.29 is 9.90 Å². The number of nitrogens with zero attached hydrogens (tertiary/aromatic N) is 1. The van der Waals surface area contributed by atoms with Crippen molar-refractivity contribution in [3.05, 3.63) is 65.1 Å². The molecule has 3 rings (SSSR count). The molecule has 1 fully saturated rings. The number of carbonyl (C=O) groups excluding carboxylic acids is 1. The molecule has 0 saturated carbocycles. The summed E-state index contributed by atoms with van der Waals surface area (Å²) < 4.78 is 0. The van der Waals surface area contributed by atoms with Gasteiger partial charge in [0.2, 0.25) is 0 Å². The molecule has 0 radical (unpaired) electrons. The minimum Gasteiger partial charge on any atom is -0.508 e. The third kappa shape index (κ3) is 3.48. The van der Waals surface area contributed by atoms with Gasteiger partial charge in [-0.25, -0.2) is 0 Å². The lowest BCUT2D eigenvalue weighted by Crippen LogP contribution is -2.20. The predicted molar refractivity (Wildman–Crippen MR) is 89.3 cm³/mol. The number of amidine groups is 1. The number of carbonyl (C=O) groups is 1. The van der Waals surface area contributed by atoms with Crippen molar-refractivity contribution in [3.8, 4) is 5.75 Å². The molecule has 0 aliphatic carbocycles. The minimum absolute atomic E-state index is 0.188. The summed E-state index contributed by atoms with van der Waals surface area (Å²) in [6.07, 6.45) is 1.75. The van der Waals surface area contributed by atoms with E-state index >= 15 is 0 Å². The number of benzene rings is 2. The summed E-state index contributed by atoms with van der Waals surface area (Å²) in [5.74, 6) is 0.00618. The van der Waals surface area contributed by atoms with Crippen molar-refractivity contribution in [2.24, 2.45) is 5.10 Å². The van der Waals surface area contributed by atoms with Crippen LogP contribution in [0.25, 0.3) is 6.08 Å². The lowest BCUT2D eigenvalue weighted by molar-refractivity contribution is -0.115. The second kappa shape index (κ2) is 6.36. The number of amides is 1. The molecule has 2 aromatic carbocycles. The number of para-hydroxylation sites is 1. The largest absolute Gasteiger partial charge is 0.508 e. The van der Waals surface area contributed by atoms with Crippen molar-refractivity contribution in [1.82, 2.24) is 5.32 Å². The fraction of sp³-hybridized carbons (Fsp3) is 0. The molecule has 0 atom stereocenters. The molecule has 5 nitrogen and oxygen atoms in total. The van der Waals surface area contributed by atoms with Crippen molar-refractivity contribution in [3.63, 3.8) is 0 Å². The molecular formula is C16H13N3O2S. The van der Waals surface area contributed by atoms with Gasteiger partial charge in [0, 0.05) is 0 Å². The van der Waals surface area contributed by atoms with Gasteiger partial charge >= 0.3 is 0 Å². The third-order valence-corrected chi connectivity index (χ3v) is 3.81. The molecule has 2 aromatic rings. The van der Waals surface area contributed by atoms with Crippen LogP contribution in [0, 0.1) is 0 Å². The van der Waals surface area contributed by atoms with E-state index in [0.29, 0.717) is 10.1 Å². The van der Waals surface area contributed by atoms with E-state index < -0.39 is 0 Å². The molecule has 1 amide bonds. The first-order valence-electron chi connectivity index (χ1n) is 6.59. The Balaban J connectivity index is 1.71. The van der Waals surface area contributed by atoms with Crippen molar-refractivity contribution in [2.45, 2.75) is 0 Å². The summed E-state index contributed by atoms with van der Waals surface area (Å²) in [5.41, 5.74) is 4.58. The van der Waals surface area contributed by atoms with E-state index in [9.17, 15) is 9.90 Å². The Bertz CT molecular complexity index is 740. The van der Waals surface area contributed by atoms with Gasteiger partial charge in [-0.1, -0.05) is 30.3 Å². The summed E-state index contributed by atoms with van der Waals surface area (Å²) in [5, 5.41) is 16.6. The van der Waals surface area contributed by atoms with Gasteiger partial charge in [-0.2, -0.15) is 0 Å². The van der Waals surface area contributed by atoms with Crippen LogP contribution in [0.15, 0.2) is 64.6 Å². The quantitative estimate of drug-likeness (QED) is 0.602. The molecule has 0 aromatic heterocycles. The maximum Gasteiger partial charge on any atom is 0.264 e. The highest BCUT2D eigenvalue weighted by atomic mass is 32.2. The van der Waals surface area contributed by atoms with E-state index in [2.05, 4.69) is 15.8 Å². The van der Waals surface area contributed by atoms with Gasteiger partial charge in [0.15, 0.2) is 5.17 Å². The molecule has 6 heteroatoms. The maximum absolute atomic E-state index is 11.9. The van der Waals surface area contributed by atoms with Crippen molar-refractivity contribution in [2.75, 3.05) is 5.43 Å². The second-order valence-electron chi connectivity index (χ2n) is 4.55. The number of rotatable bonds is 3. The molecule has 1 aliphatic heterocycles. The molecule has 110 valence electrons. The normalized spacial score (nSPS) is 17.7. The van der Waals surface area contributed by atoms with E-state index in [-0.39, 0.29) is 11.7 Å². The number of hydrogen-bond acceptors (Lipinski definition) is 5. The third-order valence-electron chi connectivity index (χ3n) is 2.90. The van der Waals surface area contributed by atoms with E-state index in [0.717, 1.165) is 11.3 Å². The predicted octanol–water partition coefficient (Wildman–Crippen LogP) is 2.98. The van der Waals surface area contributed by atoms with Crippen LogP contribution in [-0.4, -0.2) is 16.2 Å². The molecule has 0 bridgehead atoms. The van der Waals surface area contributed by atoms with Crippen LogP contribution in [-0.2, 0) is 4.79 Å². The van der Waals surface area contributed by atoms with Crippen LogP contribution in [0.4, 0.5) is 5.69 Å². The zero-order valence-electron chi connectivity index (χ0n) is 11.5. The zero-order chi connectivity index (χ0) is 15.4. The molecule has 22 heavy (non-hydrogen) atoms. The van der Waals surface area contributed by atoms with Crippen LogP contribution >= 0.6 is 11.8 Å². The van der Waals surface area contributed by atoms with E-state index in [4.69, 9.17) is 0 Å². The van der Waals surface area contributed by atoms with Gasteiger partial charge in [-0.05, 0) is 47.7 Å². The number of aromatic hydroxyl groups is 1. The number of nitrogens with one attached hydrogen (secondary N) is 2. The Labute approximate surface area is 131 Å². The smallest absolute Gasteiger partial charge is 0.264 e. The van der Waals surface area contributed by atoms with Gasteiger partial charge in [-0.3, -0.25) is 15.5 Å². The Morgan fingerprint density at radius 3 is 2.55 bits per heavy atom. The lowest BCUT2D eigenvalue weighted by Gasteiger charge is -1.99. The van der Waals surface area contributed by atoms with Gasteiger partial charge < -0.3 is 5.11 Å². The topological polar surface area (TPSA) is 73.7 Å². The Kier molecular flexibility index (Phi) is 4.11. The van der Waals surface area contributed by atoms with Crippen LogP contribution in [0.1, 0.15) is 5.56 Å². The fourth-order valence-corrected chi connectivity index (χ4v) is 2.61. The average Bonchev–Trinajstić information content (AvgIpc) is 2.89. The maximum atomic E-state index is 11.9. The van der Waals surface area contributed by atoms with Crippen molar-refractivity contribution in [1.29, 1.82) is 0 Å². The summed E-state index contributed by atoms with van der Waals surface area (Å²) in [4.78, 5) is 12.5. The van der Waals surface area contributed by atoms with Gasteiger partial charge in [0.25, 0.3) is 5.91 Å². The standard InChI is InChI=1S/C16H13N3O2S/c20-13-8-6-11(7-9-13)10-14-15(21)17-16(22-14)19-18-12-4-2-1-3-5-12/h1-10,18,20H,(H,17,19,21)/b14-10-. The highest BCUT2D eigenvalue weighted by Gasteiger charge is 2.23. The van der Waals surface area contributed by atoms with Gasteiger partial charge in [0.05, 0.1) is 10.6 Å². The first kappa shape index (κ1) is 14.2. The SMILES string of the molecule is O=C1N/C(=N\Nc2ccccc2)S/C1=C\c1ccc(O)cc1. The second-order valence-corrected chi connectivity index (χ2v) is 5.58. The van der Waals surface area contributed by atoms with Crippen LogP contribution < -0.4 is 10.7 Å². The first-order chi connectivity index (χ1) is 10.7. The molecule has 1 aliphatic rings. The van der Waals surface area contributed by atoms with Crippen molar-refractivity contribution >= 4 is 34.6 Å². The summed E-state index contributed by atoms with van der Waals surface area (Å²) in [6.45, 7) is 0. The van der Waals surface area contributed by atoms with Crippen LogP contribution in [0.3, 0.4) is 0 Å². The first-order valence-corrected chi connectivity index (χ1v) is 7.41. The number of anilines is 1. The van der Waals surface area contributed by atoms with E-state index in [1.165, 1.54) is 11.8 Å². The molecule has 1 saturated heterocycles. The Hall–Kier alpha value is -2.73. The number of thioether (sulfide) groups is 1. The molecule has 0 unspecified atom stereocenters. The summed E-state index contributed by atoms with van der Waals surface area (Å²) in [6, 6.07) is 16.1. The van der Waals surface area contributed by atoms with E-state index in [1.807, 2.05) is 30.3 Å². The van der Waals surface area contributed by atoms with E-state index in [1.54, 1.807) is 30.3 Å². The number of phenols is 1. The molecule has 3 N–H and O–H groups in total. The zero-order valence-corrected chi connectivity index (χ0v) is 12.3. The lowest BCUT2D eigenvalue weighted by atomic mass is 10.2. The van der Waals surface area contributed by atoms with Gasteiger partial charge in [0.1, 0.15) is 5.75 Å². The summed E-state index contributed by atoms with van der Waals surface area (Å²) in [7, 11) is 0. The minimum atomic E-state index is -0.188. The Morgan fingerprint density at radius 2 is 1.82 bits per heavy atom.